The molecular weight excluding hydrogens is 346 g/mol. The molecule has 0 fully saturated rings. The van der Waals surface area contributed by atoms with E-state index in [9.17, 15) is 0 Å². The van der Waals surface area contributed by atoms with Gasteiger partial charge in [-0.3, -0.25) is 0 Å². The zero-order chi connectivity index (χ0) is 18.9. The van der Waals surface area contributed by atoms with Crippen molar-refractivity contribution < 1.29 is 0 Å². The summed E-state index contributed by atoms with van der Waals surface area (Å²) in [6.07, 6.45) is 5.41. The van der Waals surface area contributed by atoms with Crippen LogP contribution in [-0.2, 0) is 0 Å². The van der Waals surface area contributed by atoms with Crippen LogP contribution in [0.25, 0.3) is 33.1 Å². The summed E-state index contributed by atoms with van der Waals surface area (Å²) in [5.74, 6) is 0.834. The third-order valence-corrected chi connectivity index (χ3v) is 5.05. The van der Waals surface area contributed by atoms with Crippen LogP contribution in [0.4, 0.5) is 5.82 Å². The van der Waals surface area contributed by atoms with E-state index in [-0.39, 0.29) is 6.04 Å². The molecule has 136 valence electrons. The van der Waals surface area contributed by atoms with Crippen LogP contribution < -0.4 is 5.32 Å². The first kappa shape index (κ1) is 16.4. The number of benzene rings is 2. The van der Waals surface area contributed by atoms with Gasteiger partial charge in [-0.15, -0.1) is 0 Å². The molecule has 28 heavy (non-hydrogen) atoms. The highest BCUT2D eigenvalue weighted by Gasteiger charge is 2.12. The smallest absolute Gasteiger partial charge is 0.137 e. The third kappa shape index (κ3) is 2.87. The van der Waals surface area contributed by atoms with E-state index in [1.165, 1.54) is 5.56 Å². The number of nitrogens with one attached hydrogen (secondary N) is 2. The second-order valence-electron chi connectivity index (χ2n) is 6.83. The molecule has 0 spiro atoms. The molecule has 0 aliphatic rings. The second-order valence-corrected chi connectivity index (χ2v) is 6.83. The number of pyridine rings is 1. The highest BCUT2D eigenvalue weighted by Crippen LogP contribution is 2.32. The number of H-pyrrole nitrogens is 1. The van der Waals surface area contributed by atoms with Gasteiger partial charge in [-0.2, -0.15) is 0 Å². The summed E-state index contributed by atoms with van der Waals surface area (Å²) in [6, 6.07) is 20.8. The summed E-state index contributed by atoms with van der Waals surface area (Å²) in [6.45, 7) is 2.14. The number of hydrogen-bond acceptors (Lipinski definition) is 4. The van der Waals surface area contributed by atoms with Crippen LogP contribution in [0.2, 0.25) is 0 Å². The molecule has 0 saturated heterocycles. The van der Waals surface area contributed by atoms with Crippen LogP contribution in [0.5, 0.6) is 0 Å². The molecule has 5 nitrogen and oxygen atoms in total. The first-order chi connectivity index (χ1) is 13.8. The van der Waals surface area contributed by atoms with E-state index in [2.05, 4.69) is 74.6 Å². The fourth-order valence-electron chi connectivity index (χ4n) is 3.56. The molecule has 2 aromatic carbocycles. The van der Waals surface area contributed by atoms with E-state index in [0.717, 1.165) is 38.9 Å². The van der Waals surface area contributed by atoms with E-state index >= 15 is 0 Å². The van der Waals surface area contributed by atoms with Crippen LogP contribution in [0.15, 0.2) is 79.4 Å². The molecule has 5 rings (SSSR count). The molecule has 3 heterocycles. The van der Waals surface area contributed by atoms with Crippen LogP contribution in [0.1, 0.15) is 18.5 Å². The van der Waals surface area contributed by atoms with E-state index in [1.54, 1.807) is 12.5 Å². The minimum atomic E-state index is 0.139. The lowest BCUT2D eigenvalue weighted by atomic mass is 10.0. The maximum Gasteiger partial charge on any atom is 0.137 e. The Bertz CT molecular complexity index is 1260. The maximum absolute atomic E-state index is 4.51. The summed E-state index contributed by atoms with van der Waals surface area (Å²) >= 11 is 0. The van der Waals surface area contributed by atoms with Crippen LogP contribution in [-0.4, -0.2) is 19.9 Å². The Morgan fingerprint density at radius 1 is 0.893 bits per heavy atom. The number of fused-ring (bicyclic) bond motifs is 2. The number of nitrogens with zero attached hydrogens (tertiary/aromatic N) is 3. The molecule has 0 unspecified atom stereocenters. The van der Waals surface area contributed by atoms with E-state index in [0.29, 0.717) is 0 Å². The molecule has 3 aromatic heterocycles. The summed E-state index contributed by atoms with van der Waals surface area (Å²) in [5.41, 5.74) is 5.25. The lowest BCUT2D eigenvalue weighted by molar-refractivity contribution is 0.876. The van der Waals surface area contributed by atoms with Gasteiger partial charge in [0.15, 0.2) is 0 Å². The molecule has 5 aromatic rings. The largest absolute Gasteiger partial charge is 0.363 e. The monoisotopic (exact) mass is 365 g/mol. The Morgan fingerprint density at radius 3 is 2.68 bits per heavy atom. The van der Waals surface area contributed by atoms with Crippen molar-refractivity contribution in [3.05, 3.63) is 84.9 Å². The topological polar surface area (TPSA) is 66.5 Å². The first-order valence-electron chi connectivity index (χ1n) is 9.28. The molecule has 5 heteroatoms. The Morgan fingerprint density at radius 2 is 1.79 bits per heavy atom. The SMILES string of the molecule is C[C@H](Nc1ncnc2ccc(-c3c[nH]c4ncccc34)cc12)c1ccccc1. The average Bonchev–Trinajstić information content (AvgIpc) is 3.18. The van der Waals surface area contributed by atoms with Crippen molar-refractivity contribution in [2.45, 2.75) is 13.0 Å². The van der Waals surface area contributed by atoms with E-state index in [1.807, 2.05) is 24.4 Å². The molecule has 0 saturated carbocycles. The van der Waals surface area contributed by atoms with Gasteiger partial charge in [-0.1, -0.05) is 36.4 Å². The zero-order valence-electron chi connectivity index (χ0n) is 15.4. The summed E-state index contributed by atoms with van der Waals surface area (Å²) in [5, 5.41) is 5.64. The van der Waals surface area contributed by atoms with Gasteiger partial charge in [0, 0.05) is 34.8 Å². The Hall–Kier alpha value is -3.73. The van der Waals surface area contributed by atoms with Crippen molar-refractivity contribution in [3.8, 4) is 11.1 Å². The molecule has 0 bridgehead atoms. The number of aromatic amines is 1. The summed E-state index contributed by atoms with van der Waals surface area (Å²) < 4.78 is 0. The van der Waals surface area contributed by atoms with Gasteiger partial charge in [-0.05, 0) is 42.3 Å². The van der Waals surface area contributed by atoms with Crippen molar-refractivity contribution in [3.63, 3.8) is 0 Å². The fourth-order valence-corrected chi connectivity index (χ4v) is 3.56. The number of aromatic nitrogens is 4. The highest BCUT2D eigenvalue weighted by atomic mass is 15.0. The fraction of sp³-hybridized carbons (Fsp3) is 0.0870. The lowest BCUT2D eigenvalue weighted by Gasteiger charge is -2.16. The minimum Gasteiger partial charge on any atom is -0.363 e. The predicted molar refractivity (Wildman–Crippen MR) is 113 cm³/mol. The van der Waals surface area contributed by atoms with Gasteiger partial charge in [0.25, 0.3) is 0 Å². The molecule has 0 amide bonds. The zero-order valence-corrected chi connectivity index (χ0v) is 15.4. The van der Waals surface area contributed by atoms with Crippen LogP contribution in [0.3, 0.4) is 0 Å². The Labute approximate surface area is 162 Å². The van der Waals surface area contributed by atoms with Gasteiger partial charge in [0.2, 0.25) is 0 Å². The minimum absolute atomic E-state index is 0.139. The van der Waals surface area contributed by atoms with Crippen molar-refractivity contribution >= 4 is 27.8 Å². The standard InChI is InChI=1S/C23H19N5/c1-15(16-6-3-2-4-7-16)28-23-19-12-17(9-10-21(19)26-14-27-23)20-13-25-22-18(20)8-5-11-24-22/h2-15H,1H3,(H,24,25)(H,26,27,28)/t15-/m0/s1. The van der Waals surface area contributed by atoms with Crippen LogP contribution in [0, 0.1) is 0 Å². The van der Waals surface area contributed by atoms with Crippen molar-refractivity contribution in [1.82, 2.24) is 19.9 Å². The second kappa shape index (κ2) is 6.78. The lowest BCUT2D eigenvalue weighted by Crippen LogP contribution is -2.08. The first-order valence-corrected chi connectivity index (χ1v) is 9.28. The van der Waals surface area contributed by atoms with Crippen molar-refractivity contribution in [2.24, 2.45) is 0 Å². The van der Waals surface area contributed by atoms with Gasteiger partial charge >= 0.3 is 0 Å². The molecule has 0 aliphatic heterocycles. The number of hydrogen-bond donors (Lipinski definition) is 2. The average molecular weight is 365 g/mol. The Balaban J connectivity index is 1.58. The Kier molecular flexibility index (Phi) is 3.98. The van der Waals surface area contributed by atoms with Gasteiger partial charge in [-0.25, -0.2) is 15.0 Å². The summed E-state index contributed by atoms with van der Waals surface area (Å²) in [4.78, 5) is 16.6. The molecule has 2 N–H and O–H groups in total. The third-order valence-electron chi connectivity index (χ3n) is 5.05. The highest BCUT2D eigenvalue weighted by molar-refractivity contribution is 5.98. The molecule has 0 aliphatic carbocycles. The summed E-state index contributed by atoms with van der Waals surface area (Å²) in [7, 11) is 0. The molecule has 0 radical (unpaired) electrons. The number of rotatable bonds is 4. The quantitative estimate of drug-likeness (QED) is 0.451. The van der Waals surface area contributed by atoms with Crippen LogP contribution >= 0.6 is 0 Å². The molecule has 1 atom stereocenters. The van der Waals surface area contributed by atoms with Crippen molar-refractivity contribution in [1.29, 1.82) is 0 Å². The van der Waals surface area contributed by atoms with E-state index in [4.69, 9.17) is 0 Å². The van der Waals surface area contributed by atoms with E-state index < -0.39 is 0 Å². The predicted octanol–water partition coefficient (Wildman–Crippen LogP) is 5.35. The van der Waals surface area contributed by atoms with Gasteiger partial charge in [0.1, 0.15) is 17.8 Å². The normalized spacial score (nSPS) is 12.3. The van der Waals surface area contributed by atoms with Crippen molar-refractivity contribution in [2.75, 3.05) is 5.32 Å². The molecular formula is C23H19N5. The van der Waals surface area contributed by atoms with Gasteiger partial charge in [0.05, 0.1) is 5.52 Å². The van der Waals surface area contributed by atoms with Gasteiger partial charge < -0.3 is 10.3 Å². The number of anilines is 1. The maximum atomic E-state index is 4.51.